The van der Waals surface area contributed by atoms with Crippen molar-refractivity contribution in [3.8, 4) is 0 Å². The third kappa shape index (κ3) is 4.11. The monoisotopic (exact) mass is 335 g/mol. The summed E-state index contributed by atoms with van der Waals surface area (Å²) in [6.45, 7) is 8.08. The number of hydrogen-bond donors (Lipinski definition) is 1. The number of carbonyl (C=O) groups is 1. The third-order valence-electron chi connectivity index (χ3n) is 4.99. The lowest BCUT2D eigenvalue weighted by Crippen LogP contribution is -2.50. The molecule has 1 aromatic heterocycles. The largest absolute Gasteiger partial charge is 0.468 e. The summed E-state index contributed by atoms with van der Waals surface area (Å²) in [5, 5.41) is 2.99. The zero-order valence-electron chi connectivity index (χ0n) is 14.9. The maximum Gasteiger partial charge on any atom is 0.317 e. The molecule has 0 aromatic carbocycles. The molecule has 2 aliphatic rings. The molecule has 3 atom stereocenters. The molecule has 1 N–H and O–H groups in total. The van der Waals surface area contributed by atoms with E-state index in [4.69, 9.17) is 9.15 Å². The highest BCUT2D eigenvalue weighted by molar-refractivity contribution is 5.74. The Labute approximate surface area is 144 Å². The fraction of sp³-hybridized carbons (Fsp3) is 0.722. The molecule has 2 aliphatic heterocycles. The van der Waals surface area contributed by atoms with Crippen molar-refractivity contribution in [1.29, 1.82) is 0 Å². The first-order chi connectivity index (χ1) is 11.5. The molecule has 0 saturated carbocycles. The van der Waals surface area contributed by atoms with E-state index in [2.05, 4.69) is 17.3 Å². The molecule has 0 bridgehead atoms. The molecule has 2 saturated heterocycles. The van der Waals surface area contributed by atoms with Crippen LogP contribution in [-0.4, -0.2) is 61.3 Å². The van der Waals surface area contributed by atoms with E-state index >= 15 is 0 Å². The number of piperidine rings is 1. The summed E-state index contributed by atoms with van der Waals surface area (Å²) in [7, 11) is 2.10. The normalized spacial score (nSPS) is 26.9. The second-order valence-corrected chi connectivity index (χ2v) is 7.41. The van der Waals surface area contributed by atoms with Crippen molar-refractivity contribution in [2.24, 2.45) is 11.8 Å². The van der Waals surface area contributed by atoms with Gasteiger partial charge in [0.15, 0.2) is 0 Å². The number of carbonyl (C=O) groups excluding carboxylic acids is 1. The second kappa shape index (κ2) is 7.57. The van der Waals surface area contributed by atoms with Gasteiger partial charge < -0.3 is 19.4 Å². The van der Waals surface area contributed by atoms with Crippen LogP contribution in [0.3, 0.4) is 0 Å². The Morgan fingerprint density at radius 2 is 2.33 bits per heavy atom. The standard InChI is InChI=1S/C18H29N3O3/c1-13(2)19-18(22)21-7-6-16-14(9-21)12-24-17(16)11-20(3)10-15-5-4-8-23-15/h4-5,8,13-14,16-17H,6-7,9-12H2,1-3H3,(H,19,22)/t14-,16-,17+/m1/s1. The number of likely N-dealkylation sites (N-methyl/N-ethyl adjacent to an activating group) is 1. The maximum atomic E-state index is 12.2. The van der Waals surface area contributed by atoms with Crippen molar-refractivity contribution >= 4 is 6.03 Å². The van der Waals surface area contributed by atoms with Gasteiger partial charge in [-0.3, -0.25) is 4.90 Å². The van der Waals surface area contributed by atoms with Crippen LogP contribution in [0.5, 0.6) is 0 Å². The SMILES string of the molecule is CC(C)NC(=O)N1CC[C@@H]2[C@@H](CO[C@H]2CN(C)Cc2ccco2)C1. The van der Waals surface area contributed by atoms with E-state index in [1.165, 1.54) is 0 Å². The van der Waals surface area contributed by atoms with E-state index in [-0.39, 0.29) is 18.2 Å². The van der Waals surface area contributed by atoms with E-state index in [1.807, 2.05) is 30.9 Å². The predicted molar refractivity (Wildman–Crippen MR) is 91.6 cm³/mol. The number of furan rings is 1. The number of fused-ring (bicyclic) bond motifs is 1. The van der Waals surface area contributed by atoms with Crippen LogP contribution in [0.4, 0.5) is 4.79 Å². The summed E-state index contributed by atoms with van der Waals surface area (Å²) in [4.78, 5) is 16.4. The van der Waals surface area contributed by atoms with Crippen LogP contribution in [0.2, 0.25) is 0 Å². The Hall–Kier alpha value is -1.53. The number of amides is 2. The van der Waals surface area contributed by atoms with Gasteiger partial charge in [-0.25, -0.2) is 4.79 Å². The van der Waals surface area contributed by atoms with Gasteiger partial charge in [0.2, 0.25) is 0 Å². The molecule has 0 radical (unpaired) electrons. The van der Waals surface area contributed by atoms with Crippen molar-refractivity contribution in [2.45, 2.75) is 39.0 Å². The number of likely N-dealkylation sites (tertiary alicyclic amines) is 1. The summed E-state index contributed by atoms with van der Waals surface area (Å²) in [6.07, 6.45) is 2.99. The Balaban J connectivity index is 1.49. The van der Waals surface area contributed by atoms with Crippen molar-refractivity contribution in [2.75, 3.05) is 33.3 Å². The minimum Gasteiger partial charge on any atom is -0.468 e. The van der Waals surface area contributed by atoms with E-state index < -0.39 is 0 Å². The van der Waals surface area contributed by atoms with Gasteiger partial charge in [-0.2, -0.15) is 0 Å². The number of rotatable bonds is 5. The Bertz CT molecular complexity index is 532. The third-order valence-corrected chi connectivity index (χ3v) is 4.99. The Kier molecular flexibility index (Phi) is 5.46. The molecular weight excluding hydrogens is 306 g/mol. The summed E-state index contributed by atoms with van der Waals surface area (Å²) in [6, 6.07) is 4.16. The fourth-order valence-corrected chi connectivity index (χ4v) is 3.84. The molecular formula is C18H29N3O3. The van der Waals surface area contributed by atoms with E-state index in [0.717, 1.165) is 45.0 Å². The van der Waals surface area contributed by atoms with E-state index in [1.54, 1.807) is 6.26 Å². The number of hydrogen-bond acceptors (Lipinski definition) is 4. The highest BCUT2D eigenvalue weighted by Crippen LogP contribution is 2.34. The summed E-state index contributed by atoms with van der Waals surface area (Å²) in [5.41, 5.74) is 0. The van der Waals surface area contributed by atoms with Gasteiger partial charge in [-0.1, -0.05) is 0 Å². The Morgan fingerprint density at radius 1 is 1.50 bits per heavy atom. The van der Waals surface area contributed by atoms with Gasteiger partial charge in [0.1, 0.15) is 5.76 Å². The zero-order chi connectivity index (χ0) is 17.1. The lowest BCUT2D eigenvalue weighted by atomic mass is 9.84. The number of nitrogens with one attached hydrogen (secondary N) is 1. The quantitative estimate of drug-likeness (QED) is 0.896. The van der Waals surface area contributed by atoms with Crippen LogP contribution in [0.15, 0.2) is 22.8 Å². The minimum absolute atomic E-state index is 0.0573. The predicted octanol–water partition coefficient (Wildman–Crippen LogP) is 2.17. The molecule has 2 amide bonds. The summed E-state index contributed by atoms with van der Waals surface area (Å²) in [5.74, 6) is 1.98. The minimum atomic E-state index is 0.0573. The molecule has 134 valence electrons. The zero-order valence-corrected chi connectivity index (χ0v) is 14.9. The molecule has 6 nitrogen and oxygen atoms in total. The maximum absolute atomic E-state index is 12.2. The molecule has 6 heteroatoms. The lowest BCUT2D eigenvalue weighted by Gasteiger charge is -2.36. The average molecular weight is 335 g/mol. The van der Waals surface area contributed by atoms with Gasteiger partial charge in [-0.15, -0.1) is 0 Å². The summed E-state index contributed by atoms with van der Waals surface area (Å²) < 4.78 is 11.5. The second-order valence-electron chi connectivity index (χ2n) is 7.41. The van der Waals surface area contributed by atoms with Crippen molar-refractivity contribution in [1.82, 2.24) is 15.1 Å². The first kappa shape index (κ1) is 17.3. The van der Waals surface area contributed by atoms with E-state index in [9.17, 15) is 4.79 Å². The lowest BCUT2D eigenvalue weighted by molar-refractivity contribution is 0.0547. The first-order valence-electron chi connectivity index (χ1n) is 8.91. The van der Waals surface area contributed by atoms with Crippen molar-refractivity contribution in [3.05, 3.63) is 24.2 Å². The first-order valence-corrected chi connectivity index (χ1v) is 8.91. The van der Waals surface area contributed by atoms with Gasteiger partial charge >= 0.3 is 6.03 Å². The van der Waals surface area contributed by atoms with Crippen LogP contribution in [0.1, 0.15) is 26.0 Å². The molecule has 0 aliphatic carbocycles. The number of ether oxygens (including phenoxy) is 1. The van der Waals surface area contributed by atoms with Crippen LogP contribution in [-0.2, 0) is 11.3 Å². The van der Waals surface area contributed by atoms with Crippen molar-refractivity contribution < 1.29 is 13.9 Å². The van der Waals surface area contributed by atoms with Gasteiger partial charge in [0, 0.05) is 31.6 Å². The molecule has 2 fully saturated rings. The van der Waals surface area contributed by atoms with Crippen molar-refractivity contribution in [3.63, 3.8) is 0 Å². The number of urea groups is 1. The highest BCUT2D eigenvalue weighted by atomic mass is 16.5. The molecule has 24 heavy (non-hydrogen) atoms. The molecule has 1 aromatic rings. The topological polar surface area (TPSA) is 58.0 Å². The molecule has 0 unspecified atom stereocenters. The van der Waals surface area contributed by atoms with Gasteiger partial charge in [0.25, 0.3) is 0 Å². The molecule has 3 rings (SSSR count). The summed E-state index contributed by atoms with van der Waals surface area (Å²) >= 11 is 0. The van der Waals surface area contributed by atoms with Crippen LogP contribution in [0, 0.1) is 11.8 Å². The number of nitrogens with zero attached hydrogens (tertiary/aromatic N) is 2. The fourth-order valence-electron chi connectivity index (χ4n) is 3.84. The smallest absolute Gasteiger partial charge is 0.317 e. The van der Waals surface area contributed by atoms with Gasteiger partial charge in [-0.05, 0) is 45.4 Å². The molecule has 0 spiro atoms. The average Bonchev–Trinajstić information content (AvgIpc) is 3.16. The van der Waals surface area contributed by atoms with E-state index in [0.29, 0.717) is 11.8 Å². The van der Waals surface area contributed by atoms with Crippen LogP contribution < -0.4 is 5.32 Å². The van der Waals surface area contributed by atoms with Crippen LogP contribution >= 0.6 is 0 Å². The highest BCUT2D eigenvalue weighted by Gasteiger charge is 2.42. The van der Waals surface area contributed by atoms with Gasteiger partial charge in [0.05, 0.1) is 25.5 Å². The Morgan fingerprint density at radius 3 is 3.04 bits per heavy atom. The molecule has 3 heterocycles. The van der Waals surface area contributed by atoms with Crippen LogP contribution in [0.25, 0.3) is 0 Å².